The molecule has 5 nitrogen and oxygen atoms in total. The summed E-state index contributed by atoms with van der Waals surface area (Å²) in [5.41, 5.74) is 3.86. The monoisotopic (exact) mass is 367 g/mol. The van der Waals surface area contributed by atoms with Crippen molar-refractivity contribution >= 4 is 6.03 Å². The molecule has 0 atom stereocenters. The molecule has 1 aliphatic rings. The van der Waals surface area contributed by atoms with E-state index in [1.54, 1.807) is 7.11 Å². The van der Waals surface area contributed by atoms with E-state index in [1.807, 2.05) is 23.1 Å². The zero-order valence-corrected chi connectivity index (χ0v) is 16.3. The van der Waals surface area contributed by atoms with Gasteiger partial charge >= 0.3 is 6.03 Å². The summed E-state index contributed by atoms with van der Waals surface area (Å²) >= 11 is 0. The van der Waals surface area contributed by atoms with Crippen molar-refractivity contribution in [3.8, 4) is 5.75 Å². The number of methoxy groups -OCH3 is 1. The van der Waals surface area contributed by atoms with Crippen molar-refractivity contribution < 1.29 is 9.53 Å². The molecule has 1 saturated heterocycles. The third-order valence-corrected chi connectivity index (χ3v) is 5.14. The third kappa shape index (κ3) is 5.47. The molecule has 3 rings (SSSR count). The summed E-state index contributed by atoms with van der Waals surface area (Å²) in [6.07, 6.45) is 0.802. The summed E-state index contributed by atoms with van der Waals surface area (Å²) in [5, 5.41) is 3.04. The highest BCUT2D eigenvalue weighted by molar-refractivity contribution is 5.74. The minimum atomic E-state index is 0.0356. The van der Waals surface area contributed by atoms with Crippen LogP contribution >= 0.6 is 0 Å². The van der Waals surface area contributed by atoms with Crippen LogP contribution in [0.5, 0.6) is 5.75 Å². The van der Waals surface area contributed by atoms with Crippen LogP contribution in [0.2, 0.25) is 0 Å². The number of aryl methyl sites for hydroxylation is 1. The van der Waals surface area contributed by atoms with E-state index < -0.39 is 0 Å². The maximum Gasteiger partial charge on any atom is 0.317 e. The van der Waals surface area contributed by atoms with Crippen LogP contribution in [0.25, 0.3) is 0 Å². The molecule has 2 amide bonds. The van der Waals surface area contributed by atoms with Crippen molar-refractivity contribution in [2.75, 3.05) is 39.8 Å². The summed E-state index contributed by atoms with van der Waals surface area (Å²) in [7, 11) is 1.67. The average molecular weight is 367 g/mol. The van der Waals surface area contributed by atoms with Gasteiger partial charge in [0.25, 0.3) is 0 Å². The minimum absolute atomic E-state index is 0.0356. The van der Waals surface area contributed by atoms with Crippen LogP contribution < -0.4 is 10.1 Å². The molecule has 2 aromatic rings. The quantitative estimate of drug-likeness (QED) is 0.853. The van der Waals surface area contributed by atoms with Crippen molar-refractivity contribution in [2.45, 2.75) is 19.9 Å². The number of ether oxygens (including phenoxy) is 1. The Bertz CT molecular complexity index is 755. The van der Waals surface area contributed by atoms with E-state index in [-0.39, 0.29) is 6.03 Å². The molecule has 2 aromatic carbocycles. The van der Waals surface area contributed by atoms with E-state index in [0.29, 0.717) is 6.54 Å². The van der Waals surface area contributed by atoms with Gasteiger partial charge in [0.05, 0.1) is 7.11 Å². The fraction of sp³-hybridized carbons (Fsp3) is 0.409. The number of hydrogen-bond acceptors (Lipinski definition) is 3. The van der Waals surface area contributed by atoms with Crippen LogP contribution in [0.3, 0.4) is 0 Å². The lowest BCUT2D eigenvalue weighted by Gasteiger charge is -2.35. The van der Waals surface area contributed by atoms with Crippen molar-refractivity contribution in [1.29, 1.82) is 0 Å². The van der Waals surface area contributed by atoms with Gasteiger partial charge < -0.3 is 15.0 Å². The van der Waals surface area contributed by atoms with E-state index >= 15 is 0 Å². The zero-order valence-electron chi connectivity index (χ0n) is 16.3. The smallest absolute Gasteiger partial charge is 0.317 e. The molecular formula is C22H29N3O2. The topological polar surface area (TPSA) is 44.8 Å². The Morgan fingerprint density at radius 1 is 1.07 bits per heavy atom. The summed E-state index contributed by atoms with van der Waals surface area (Å²) in [4.78, 5) is 16.7. The first kappa shape index (κ1) is 19.2. The SMILES string of the molecule is COc1cccc(CCNC(=O)N2CCN(Cc3ccccc3C)CC2)c1. The summed E-state index contributed by atoms with van der Waals surface area (Å²) in [6.45, 7) is 7.12. The Hall–Kier alpha value is -2.53. The highest BCUT2D eigenvalue weighted by Gasteiger charge is 2.21. The largest absolute Gasteiger partial charge is 0.497 e. The molecule has 1 fully saturated rings. The molecule has 1 N–H and O–H groups in total. The number of carbonyl (C=O) groups is 1. The second-order valence-electron chi connectivity index (χ2n) is 7.02. The molecule has 144 valence electrons. The Balaban J connectivity index is 1.40. The van der Waals surface area contributed by atoms with Crippen LogP contribution in [0.4, 0.5) is 4.79 Å². The number of carbonyl (C=O) groups excluding carboxylic acids is 1. The van der Waals surface area contributed by atoms with Gasteiger partial charge in [-0.2, -0.15) is 0 Å². The molecule has 0 aromatic heterocycles. The first-order valence-electron chi connectivity index (χ1n) is 9.58. The molecule has 5 heteroatoms. The highest BCUT2D eigenvalue weighted by atomic mass is 16.5. The van der Waals surface area contributed by atoms with Gasteiger partial charge in [-0.05, 0) is 42.2 Å². The van der Waals surface area contributed by atoms with Crippen molar-refractivity contribution in [3.05, 3.63) is 65.2 Å². The van der Waals surface area contributed by atoms with Gasteiger partial charge in [-0.15, -0.1) is 0 Å². The van der Waals surface area contributed by atoms with E-state index in [1.165, 1.54) is 11.1 Å². The number of piperazine rings is 1. The van der Waals surface area contributed by atoms with Crippen LogP contribution in [0.15, 0.2) is 48.5 Å². The molecule has 0 saturated carbocycles. The van der Waals surface area contributed by atoms with E-state index in [0.717, 1.165) is 50.5 Å². The normalized spacial score (nSPS) is 14.8. The number of urea groups is 1. The molecule has 0 unspecified atom stereocenters. The molecule has 0 radical (unpaired) electrons. The minimum Gasteiger partial charge on any atom is -0.497 e. The van der Waals surface area contributed by atoms with Gasteiger partial charge in [0, 0.05) is 39.3 Å². The summed E-state index contributed by atoms with van der Waals surface area (Å²) < 4.78 is 5.24. The van der Waals surface area contributed by atoms with E-state index in [4.69, 9.17) is 4.74 Å². The Morgan fingerprint density at radius 3 is 2.59 bits per heavy atom. The lowest BCUT2D eigenvalue weighted by atomic mass is 10.1. The Labute approximate surface area is 161 Å². The average Bonchev–Trinajstić information content (AvgIpc) is 2.70. The third-order valence-electron chi connectivity index (χ3n) is 5.14. The second-order valence-corrected chi connectivity index (χ2v) is 7.02. The van der Waals surface area contributed by atoms with Crippen molar-refractivity contribution in [3.63, 3.8) is 0 Å². The van der Waals surface area contributed by atoms with Crippen molar-refractivity contribution in [2.24, 2.45) is 0 Å². The molecule has 1 heterocycles. The Morgan fingerprint density at radius 2 is 1.85 bits per heavy atom. The molecule has 27 heavy (non-hydrogen) atoms. The molecular weight excluding hydrogens is 338 g/mol. The Kier molecular flexibility index (Phi) is 6.71. The van der Waals surface area contributed by atoms with Crippen LogP contribution in [-0.4, -0.2) is 55.7 Å². The maximum absolute atomic E-state index is 12.4. The van der Waals surface area contributed by atoms with Crippen LogP contribution in [-0.2, 0) is 13.0 Å². The van der Waals surface area contributed by atoms with Gasteiger partial charge in [0.1, 0.15) is 5.75 Å². The van der Waals surface area contributed by atoms with Crippen molar-refractivity contribution in [1.82, 2.24) is 15.1 Å². The lowest BCUT2D eigenvalue weighted by molar-refractivity contribution is 0.135. The molecule has 0 aliphatic carbocycles. The summed E-state index contributed by atoms with van der Waals surface area (Å²) in [6, 6.07) is 16.5. The molecule has 1 aliphatic heterocycles. The van der Waals surface area contributed by atoms with Gasteiger partial charge in [-0.3, -0.25) is 4.90 Å². The van der Waals surface area contributed by atoms with E-state index in [9.17, 15) is 4.79 Å². The molecule has 0 bridgehead atoms. The second kappa shape index (κ2) is 9.42. The number of benzene rings is 2. The lowest BCUT2D eigenvalue weighted by Crippen LogP contribution is -2.51. The predicted octanol–water partition coefficient (Wildman–Crippen LogP) is 3.07. The number of hydrogen-bond donors (Lipinski definition) is 1. The fourth-order valence-corrected chi connectivity index (χ4v) is 3.39. The van der Waals surface area contributed by atoms with E-state index in [2.05, 4.69) is 47.5 Å². The van der Waals surface area contributed by atoms with Gasteiger partial charge in [0.15, 0.2) is 0 Å². The summed E-state index contributed by atoms with van der Waals surface area (Å²) in [5.74, 6) is 0.851. The van der Waals surface area contributed by atoms with Gasteiger partial charge in [0.2, 0.25) is 0 Å². The standard InChI is InChI=1S/C22H29N3O2/c1-18-6-3-4-8-20(18)17-24-12-14-25(15-13-24)22(26)23-11-10-19-7-5-9-21(16-19)27-2/h3-9,16H,10-15,17H2,1-2H3,(H,23,26). The number of amides is 2. The number of nitrogens with one attached hydrogen (secondary N) is 1. The van der Waals surface area contributed by atoms with Gasteiger partial charge in [-0.25, -0.2) is 4.79 Å². The fourth-order valence-electron chi connectivity index (χ4n) is 3.39. The zero-order chi connectivity index (χ0) is 19.1. The maximum atomic E-state index is 12.4. The van der Waals surface area contributed by atoms with Crippen LogP contribution in [0, 0.1) is 6.92 Å². The molecule has 0 spiro atoms. The van der Waals surface area contributed by atoms with Crippen LogP contribution in [0.1, 0.15) is 16.7 Å². The first-order valence-corrected chi connectivity index (χ1v) is 9.58. The number of nitrogens with zero attached hydrogens (tertiary/aromatic N) is 2. The number of rotatable bonds is 6. The highest BCUT2D eigenvalue weighted by Crippen LogP contribution is 2.14. The first-order chi connectivity index (χ1) is 13.2. The van der Waals surface area contributed by atoms with Gasteiger partial charge in [-0.1, -0.05) is 36.4 Å². The predicted molar refractivity (Wildman–Crippen MR) is 108 cm³/mol.